The number of thiophene rings is 1. The molecule has 102 valence electrons. The molecule has 0 aliphatic carbocycles. The van der Waals surface area contributed by atoms with Crippen molar-refractivity contribution < 1.29 is 5.11 Å². The molecule has 1 fully saturated rings. The van der Waals surface area contributed by atoms with Crippen molar-refractivity contribution in [1.82, 2.24) is 9.88 Å². The van der Waals surface area contributed by atoms with Gasteiger partial charge in [-0.2, -0.15) is 11.3 Å². The van der Waals surface area contributed by atoms with E-state index in [-0.39, 0.29) is 0 Å². The zero-order valence-electron chi connectivity index (χ0n) is 11.0. The van der Waals surface area contributed by atoms with Gasteiger partial charge in [0.25, 0.3) is 0 Å². The van der Waals surface area contributed by atoms with Crippen LogP contribution in [0.15, 0.2) is 22.2 Å². The van der Waals surface area contributed by atoms with Gasteiger partial charge in [-0.15, -0.1) is 11.3 Å². The first-order valence-electron chi connectivity index (χ1n) is 6.60. The molecule has 1 saturated heterocycles. The maximum Gasteiger partial charge on any atom is 0.124 e. The molecule has 1 N–H and O–H groups in total. The Bertz CT molecular complexity index is 529. The van der Waals surface area contributed by atoms with Crippen LogP contribution < -0.4 is 0 Å². The molecule has 3 nitrogen and oxygen atoms in total. The predicted octanol–water partition coefficient (Wildman–Crippen LogP) is 3.22. The van der Waals surface area contributed by atoms with Crippen molar-refractivity contribution in [2.24, 2.45) is 0 Å². The number of thiazole rings is 1. The fourth-order valence-electron chi connectivity index (χ4n) is 2.65. The second-order valence-electron chi connectivity index (χ2n) is 5.28. The summed E-state index contributed by atoms with van der Waals surface area (Å²) < 4.78 is 0. The summed E-state index contributed by atoms with van der Waals surface area (Å²) in [5.74, 6) is 0. The lowest BCUT2D eigenvalue weighted by atomic mass is 9.89. The molecular formula is C14H18N2OS2. The van der Waals surface area contributed by atoms with Gasteiger partial charge in [0.1, 0.15) is 5.01 Å². The predicted molar refractivity (Wildman–Crippen MR) is 80.6 cm³/mol. The summed E-state index contributed by atoms with van der Waals surface area (Å²) in [4.78, 5) is 6.94. The van der Waals surface area contributed by atoms with E-state index in [1.54, 1.807) is 22.7 Å². The number of hydrogen-bond acceptors (Lipinski definition) is 5. The normalized spacial score (nSPS) is 18.4. The molecule has 0 aromatic carbocycles. The van der Waals surface area contributed by atoms with Crippen LogP contribution in [0.5, 0.6) is 0 Å². The lowest BCUT2D eigenvalue weighted by Gasteiger charge is -2.46. The number of aromatic nitrogens is 1. The molecule has 5 heteroatoms. The number of likely N-dealkylation sites (tertiary alicyclic amines) is 1. The molecule has 2 aromatic heterocycles. The van der Waals surface area contributed by atoms with Crippen LogP contribution in [-0.4, -0.2) is 33.7 Å². The van der Waals surface area contributed by atoms with Gasteiger partial charge in [-0.05, 0) is 17.9 Å². The first-order valence-corrected chi connectivity index (χ1v) is 8.42. The van der Waals surface area contributed by atoms with Crippen LogP contribution >= 0.6 is 22.7 Å². The molecule has 19 heavy (non-hydrogen) atoms. The minimum absolute atomic E-state index is 0.443. The van der Waals surface area contributed by atoms with E-state index in [0.717, 1.165) is 43.2 Å². The van der Waals surface area contributed by atoms with Gasteiger partial charge >= 0.3 is 0 Å². The van der Waals surface area contributed by atoms with Crippen LogP contribution in [-0.2, 0) is 6.54 Å². The highest BCUT2D eigenvalue weighted by atomic mass is 32.1. The second-order valence-corrected chi connectivity index (χ2v) is 6.91. The Balaban J connectivity index is 1.58. The molecule has 0 atom stereocenters. The maximum absolute atomic E-state index is 10.2. The van der Waals surface area contributed by atoms with Crippen LogP contribution in [0, 0.1) is 0 Å². The Kier molecular flexibility index (Phi) is 3.71. The van der Waals surface area contributed by atoms with Crippen molar-refractivity contribution in [3.8, 4) is 10.6 Å². The minimum atomic E-state index is -0.443. The third-order valence-corrected chi connectivity index (χ3v) is 5.08. The van der Waals surface area contributed by atoms with E-state index in [0.29, 0.717) is 0 Å². The Labute approximate surface area is 121 Å². The molecule has 0 amide bonds. The molecule has 0 spiro atoms. The summed E-state index contributed by atoms with van der Waals surface area (Å²) in [5.41, 5.74) is 1.89. The van der Waals surface area contributed by atoms with Gasteiger partial charge in [0, 0.05) is 36.0 Å². The fourth-order valence-corrected chi connectivity index (χ4v) is 4.17. The Morgan fingerprint density at radius 1 is 1.42 bits per heavy atom. The lowest BCUT2D eigenvalue weighted by molar-refractivity contribution is -0.107. The molecule has 1 aliphatic rings. The summed E-state index contributed by atoms with van der Waals surface area (Å²) >= 11 is 3.40. The molecular weight excluding hydrogens is 276 g/mol. The standard InChI is InChI=1S/C14H18N2OS2/c1-2-4-14(17)9-16(10-14)6-12-8-19-13(15-12)11-3-5-18-7-11/h3,5,7-8,17H,2,4,6,9-10H2,1H3. The lowest BCUT2D eigenvalue weighted by Crippen LogP contribution is -2.60. The van der Waals surface area contributed by atoms with Gasteiger partial charge < -0.3 is 5.11 Å². The number of hydrogen-bond donors (Lipinski definition) is 1. The molecule has 0 radical (unpaired) electrons. The summed E-state index contributed by atoms with van der Waals surface area (Å²) in [5, 5.41) is 17.6. The topological polar surface area (TPSA) is 36.4 Å². The average Bonchev–Trinajstić information content (AvgIpc) is 2.96. The molecule has 0 unspecified atom stereocenters. The van der Waals surface area contributed by atoms with E-state index in [4.69, 9.17) is 0 Å². The monoisotopic (exact) mass is 294 g/mol. The molecule has 3 heterocycles. The Hall–Kier alpha value is -0.750. The van der Waals surface area contributed by atoms with Crippen LogP contribution in [0.1, 0.15) is 25.5 Å². The third kappa shape index (κ3) is 2.89. The van der Waals surface area contributed by atoms with E-state index in [1.165, 1.54) is 5.56 Å². The highest BCUT2D eigenvalue weighted by Crippen LogP contribution is 2.29. The first-order chi connectivity index (χ1) is 9.18. The molecule has 2 aromatic rings. The van der Waals surface area contributed by atoms with Gasteiger partial charge in [0.05, 0.1) is 11.3 Å². The summed E-state index contributed by atoms with van der Waals surface area (Å²) in [6, 6.07) is 2.11. The Morgan fingerprint density at radius 3 is 2.95 bits per heavy atom. The quantitative estimate of drug-likeness (QED) is 0.920. The second kappa shape index (κ2) is 5.32. The van der Waals surface area contributed by atoms with Crippen LogP contribution in [0.25, 0.3) is 10.6 Å². The average molecular weight is 294 g/mol. The Morgan fingerprint density at radius 2 is 2.26 bits per heavy atom. The van der Waals surface area contributed by atoms with Crippen molar-refractivity contribution in [3.05, 3.63) is 27.9 Å². The first kappa shape index (κ1) is 13.2. The molecule has 0 bridgehead atoms. The van der Waals surface area contributed by atoms with Crippen molar-refractivity contribution in [2.45, 2.75) is 31.9 Å². The zero-order valence-corrected chi connectivity index (χ0v) is 12.6. The highest BCUT2D eigenvalue weighted by Gasteiger charge is 2.40. The van der Waals surface area contributed by atoms with Gasteiger partial charge in [-0.25, -0.2) is 4.98 Å². The smallest absolute Gasteiger partial charge is 0.124 e. The van der Waals surface area contributed by atoms with Crippen molar-refractivity contribution in [3.63, 3.8) is 0 Å². The van der Waals surface area contributed by atoms with Crippen molar-refractivity contribution in [2.75, 3.05) is 13.1 Å². The molecule has 3 rings (SSSR count). The minimum Gasteiger partial charge on any atom is -0.387 e. The van der Waals surface area contributed by atoms with Crippen LogP contribution in [0.3, 0.4) is 0 Å². The largest absolute Gasteiger partial charge is 0.387 e. The summed E-state index contributed by atoms with van der Waals surface area (Å²) in [7, 11) is 0. The summed E-state index contributed by atoms with van der Waals surface area (Å²) in [6.45, 7) is 4.54. The van der Waals surface area contributed by atoms with E-state index in [1.807, 2.05) is 0 Å². The molecule has 0 saturated carbocycles. The third-order valence-electron chi connectivity index (χ3n) is 3.46. The number of rotatable bonds is 5. The zero-order chi connectivity index (χ0) is 13.3. The number of aliphatic hydroxyl groups is 1. The summed E-state index contributed by atoms with van der Waals surface area (Å²) in [6.07, 6.45) is 1.95. The van der Waals surface area contributed by atoms with Gasteiger partial charge in [0.2, 0.25) is 0 Å². The highest BCUT2D eigenvalue weighted by molar-refractivity contribution is 7.14. The fraction of sp³-hybridized carbons (Fsp3) is 0.500. The van der Waals surface area contributed by atoms with Crippen LogP contribution in [0.4, 0.5) is 0 Å². The van der Waals surface area contributed by atoms with E-state index < -0.39 is 5.60 Å². The van der Waals surface area contributed by atoms with Gasteiger partial charge in [-0.1, -0.05) is 13.3 Å². The maximum atomic E-state index is 10.2. The van der Waals surface area contributed by atoms with E-state index in [2.05, 4.69) is 39.0 Å². The van der Waals surface area contributed by atoms with Crippen LogP contribution in [0.2, 0.25) is 0 Å². The SMILES string of the molecule is CCCC1(O)CN(Cc2csc(-c3ccsc3)n2)C1. The van der Waals surface area contributed by atoms with E-state index in [9.17, 15) is 5.11 Å². The van der Waals surface area contributed by atoms with Crippen molar-refractivity contribution in [1.29, 1.82) is 0 Å². The molecule has 1 aliphatic heterocycles. The number of nitrogens with zero attached hydrogens (tertiary/aromatic N) is 2. The van der Waals surface area contributed by atoms with Crippen molar-refractivity contribution >= 4 is 22.7 Å². The van der Waals surface area contributed by atoms with Gasteiger partial charge in [-0.3, -0.25) is 4.90 Å². The van der Waals surface area contributed by atoms with E-state index >= 15 is 0 Å². The van der Waals surface area contributed by atoms with Gasteiger partial charge in [0.15, 0.2) is 0 Å². The number of β-amino-alcohol motifs (C(OH)–C–C–N with tert-alkyl or cyclic N) is 1.